The molecule has 1 aromatic rings. The first-order valence-electron chi connectivity index (χ1n) is 5.25. The quantitative estimate of drug-likeness (QED) is 0.450. The molecule has 0 amide bonds. The highest BCUT2D eigenvalue weighted by Crippen LogP contribution is 2.23. The summed E-state index contributed by atoms with van der Waals surface area (Å²) in [7, 11) is 0. The van der Waals surface area contributed by atoms with E-state index in [1.807, 2.05) is 24.3 Å². The number of alkyl halides is 1. The summed E-state index contributed by atoms with van der Waals surface area (Å²) in [5, 5.41) is 0. The Labute approximate surface area is 108 Å². The van der Waals surface area contributed by atoms with Gasteiger partial charge in [0.2, 0.25) is 0 Å². The minimum atomic E-state index is -0.143. The fourth-order valence-electron chi connectivity index (χ4n) is 1.61. The van der Waals surface area contributed by atoms with Crippen molar-refractivity contribution in [3.8, 4) is 5.75 Å². The fraction of sp³-hybridized carbons (Fsp3) is 0.417. The molecule has 0 saturated carbocycles. The van der Waals surface area contributed by atoms with Gasteiger partial charge in [0.15, 0.2) is 0 Å². The largest absolute Gasteiger partial charge is 0.486 e. The van der Waals surface area contributed by atoms with Crippen LogP contribution in [0.3, 0.4) is 0 Å². The monoisotopic (exact) mass is 332 g/mol. The van der Waals surface area contributed by atoms with Gasteiger partial charge in [-0.1, -0.05) is 40.8 Å². The van der Waals surface area contributed by atoms with E-state index in [1.165, 1.54) is 0 Å². The van der Waals surface area contributed by atoms with Gasteiger partial charge in [-0.3, -0.25) is 4.79 Å². The first kappa shape index (κ1) is 11.7. The van der Waals surface area contributed by atoms with Crippen molar-refractivity contribution >= 4 is 28.6 Å². The molecule has 0 fully saturated rings. The van der Waals surface area contributed by atoms with Crippen LogP contribution in [0.5, 0.6) is 5.75 Å². The smallest absolute Gasteiger partial charge is 0.306 e. The van der Waals surface area contributed by atoms with Gasteiger partial charge in [-0.15, -0.1) is 0 Å². The van der Waals surface area contributed by atoms with Crippen molar-refractivity contribution in [3.63, 3.8) is 0 Å². The highest BCUT2D eigenvalue weighted by Gasteiger charge is 2.17. The molecule has 1 unspecified atom stereocenters. The molecule has 16 heavy (non-hydrogen) atoms. The van der Waals surface area contributed by atoms with Gasteiger partial charge in [0.1, 0.15) is 18.5 Å². The lowest BCUT2D eigenvalue weighted by molar-refractivity contribution is -0.145. The molecule has 0 radical (unpaired) electrons. The maximum Gasteiger partial charge on any atom is 0.306 e. The Bertz CT molecular complexity index is 378. The predicted octanol–water partition coefficient (Wildman–Crippen LogP) is 2.36. The summed E-state index contributed by atoms with van der Waals surface area (Å²) in [5.41, 5.74) is 1.08. The number of esters is 1. The normalized spacial score (nSPS) is 20.8. The number of benzene rings is 1. The second kappa shape index (κ2) is 5.52. The Morgan fingerprint density at radius 2 is 2.12 bits per heavy atom. The van der Waals surface area contributed by atoms with Crippen molar-refractivity contribution in [2.75, 3.05) is 11.0 Å². The fourth-order valence-corrected chi connectivity index (χ4v) is 2.04. The molecule has 2 rings (SSSR count). The van der Waals surface area contributed by atoms with E-state index in [2.05, 4.69) is 22.6 Å². The van der Waals surface area contributed by atoms with Crippen LogP contribution in [0.15, 0.2) is 24.3 Å². The number of fused-ring (bicyclic) bond motifs is 1. The molecular formula is C12H13IO3. The minimum absolute atomic E-state index is 0.0520. The van der Waals surface area contributed by atoms with E-state index in [4.69, 9.17) is 9.47 Å². The highest BCUT2D eigenvalue weighted by molar-refractivity contribution is 14.1. The number of carbonyl (C=O) groups is 1. The van der Waals surface area contributed by atoms with Crippen LogP contribution in [0.1, 0.15) is 12.0 Å². The van der Waals surface area contributed by atoms with Gasteiger partial charge in [0, 0.05) is 10.8 Å². The van der Waals surface area contributed by atoms with Gasteiger partial charge in [-0.05, 0) is 18.1 Å². The molecule has 0 saturated heterocycles. The number of ether oxygens (including phenoxy) is 2. The molecule has 86 valence electrons. The highest BCUT2D eigenvalue weighted by atomic mass is 127. The number of hydrogen-bond donors (Lipinski definition) is 0. The van der Waals surface area contributed by atoms with Crippen molar-refractivity contribution in [1.29, 1.82) is 0 Å². The Morgan fingerprint density at radius 1 is 1.31 bits per heavy atom. The summed E-state index contributed by atoms with van der Waals surface area (Å²) in [4.78, 5) is 11.4. The average molecular weight is 332 g/mol. The number of carbonyl (C=O) groups excluding carboxylic acids is 1. The maximum atomic E-state index is 11.4. The molecule has 4 heteroatoms. The lowest BCUT2D eigenvalue weighted by Gasteiger charge is -2.16. The molecule has 0 N–H and O–H groups in total. The van der Waals surface area contributed by atoms with Gasteiger partial charge >= 0.3 is 5.97 Å². The van der Waals surface area contributed by atoms with Gasteiger partial charge < -0.3 is 9.47 Å². The molecule has 0 bridgehead atoms. The number of para-hydroxylation sites is 1. The third-order valence-electron chi connectivity index (χ3n) is 2.47. The van der Waals surface area contributed by atoms with E-state index < -0.39 is 0 Å². The molecule has 1 heterocycles. The van der Waals surface area contributed by atoms with E-state index in [9.17, 15) is 4.79 Å². The third kappa shape index (κ3) is 2.87. The van der Waals surface area contributed by atoms with Gasteiger partial charge in [-0.2, -0.15) is 0 Å². The van der Waals surface area contributed by atoms with Crippen LogP contribution in [0.25, 0.3) is 0 Å². The van der Waals surface area contributed by atoms with E-state index in [-0.39, 0.29) is 12.1 Å². The summed E-state index contributed by atoms with van der Waals surface area (Å²) in [6, 6.07) is 7.86. The van der Waals surface area contributed by atoms with Crippen LogP contribution in [-0.2, 0) is 16.0 Å². The van der Waals surface area contributed by atoms with Gasteiger partial charge in [-0.25, -0.2) is 0 Å². The van der Waals surface area contributed by atoms with Crippen molar-refractivity contribution in [3.05, 3.63) is 29.8 Å². The first-order chi connectivity index (χ1) is 7.79. The Kier molecular flexibility index (Phi) is 4.04. The van der Waals surface area contributed by atoms with E-state index in [1.54, 1.807) is 0 Å². The second-order valence-corrected chi connectivity index (χ2v) is 4.57. The maximum absolute atomic E-state index is 11.4. The number of aryl methyl sites for hydroxylation is 1. The Balaban J connectivity index is 2.24. The summed E-state index contributed by atoms with van der Waals surface area (Å²) in [5.74, 6) is 0.734. The number of halogens is 1. The Hall–Kier alpha value is -0.780. The zero-order valence-electron chi connectivity index (χ0n) is 8.82. The van der Waals surface area contributed by atoms with Gasteiger partial charge in [0.25, 0.3) is 0 Å². The first-order valence-corrected chi connectivity index (χ1v) is 6.78. The van der Waals surface area contributed by atoms with E-state index in [0.717, 1.165) is 15.7 Å². The molecule has 0 spiro atoms. The van der Waals surface area contributed by atoms with E-state index >= 15 is 0 Å². The lowest BCUT2D eigenvalue weighted by atomic mass is 10.1. The molecule has 1 atom stereocenters. The van der Waals surface area contributed by atoms with E-state index in [0.29, 0.717) is 19.4 Å². The predicted molar refractivity (Wildman–Crippen MR) is 69.0 cm³/mol. The van der Waals surface area contributed by atoms with Crippen LogP contribution in [-0.4, -0.2) is 23.1 Å². The van der Waals surface area contributed by atoms with Crippen LogP contribution in [0.4, 0.5) is 0 Å². The molecule has 0 aliphatic carbocycles. The number of cyclic esters (lactones) is 1. The standard InChI is InChI=1S/C12H13IO3/c13-7-10-8-15-12(14)6-5-9-3-1-2-4-11(9)16-10/h1-4,10H,5-8H2. The second-order valence-electron chi connectivity index (χ2n) is 3.68. The molecule has 1 aliphatic rings. The minimum Gasteiger partial charge on any atom is -0.486 e. The van der Waals surface area contributed by atoms with Crippen LogP contribution >= 0.6 is 22.6 Å². The third-order valence-corrected chi connectivity index (χ3v) is 3.45. The van der Waals surface area contributed by atoms with Crippen LogP contribution < -0.4 is 4.74 Å². The topological polar surface area (TPSA) is 35.5 Å². The summed E-state index contributed by atoms with van der Waals surface area (Å²) in [6.45, 7) is 0.343. The molecular weight excluding hydrogens is 319 g/mol. The Morgan fingerprint density at radius 3 is 2.94 bits per heavy atom. The SMILES string of the molecule is O=C1CCc2ccccc2OC(CI)CO1. The van der Waals surface area contributed by atoms with Crippen molar-refractivity contribution in [2.24, 2.45) is 0 Å². The van der Waals surface area contributed by atoms with Crippen LogP contribution in [0.2, 0.25) is 0 Å². The molecule has 0 aromatic heterocycles. The lowest BCUT2D eigenvalue weighted by Crippen LogP contribution is -2.25. The van der Waals surface area contributed by atoms with Crippen molar-refractivity contribution < 1.29 is 14.3 Å². The number of hydrogen-bond acceptors (Lipinski definition) is 3. The summed E-state index contributed by atoms with van der Waals surface area (Å²) < 4.78 is 11.8. The van der Waals surface area contributed by atoms with Crippen LogP contribution in [0, 0.1) is 0 Å². The molecule has 3 nitrogen and oxygen atoms in total. The average Bonchev–Trinajstić information content (AvgIpc) is 2.39. The molecule has 1 aromatic carbocycles. The zero-order valence-corrected chi connectivity index (χ0v) is 11.0. The summed E-state index contributed by atoms with van der Waals surface area (Å²) >= 11 is 2.24. The summed E-state index contributed by atoms with van der Waals surface area (Å²) in [6.07, 6.45) is 1.06. The van der Waals surface area contributed by atoms with Gasteiger partial charge in [0.05, 0.1) is 0 Å². The molecule has 1 aliphatic heterocycles. The number of rotatable bonds is 1. The van der Waals surface area contributed by atoms with Crippen molar-refractivity contribution in [2.45, 2.75) is 18.9 Å². The van der Waals surface area contributed by atoms with Crippen molar-refractivity contribution in [1.82, 2.24) is 0 Å². The zero-order chi connectivity index (χ0) is 11.4.